The van der Waals surface area contributed by atoms with Crippen LogP contribution in [0.1, 0.15) is 26.7 Å². The highest BCUT2D eigenvalue weighted by molar-refractivity contribution is 5.86. The number of rotatable bonds is 10. The van der Waals surface area contributed by atoms with Crippen LogP contribution in [-0.2, 0) is 14.3 Å². The molecule has 1 unspecified atom stereocenters. The molecule has 110 valence electrons. The first-order valence-electron chi connectivity index (χ1n) is 6.37. The van der Waals surface area contributed by atoms with Gasteiger partial charge in [0.1, 0.15) is 6.61 Å². The molecule has 6 heteroatoms. The lowest BCUT2D eigenvalue weighted by atomic mass is 10.0. The number of aliphatic carboxylic acids is 1. The summed E-state index contributed by atoms with van der Waals surface area (Å²) in [6.07, 6.45) is 0.305. The van der Waals surface area contributed by atoms with Crippen molar-refractivity contribution in [1.29, 1.82) is 0 Å². The lowest BCUT2D eigenvalue weighted by Gasteiger charge is -2.29. The normalized spacial score (nSPS) is 12.2. The van der Waals surface area contributed by atoms with Gasteiger partial charge in [0.25, 0.3) is 0 Å². The molecule has 0 spiro atoms. The first kappa shape index (κ1) is 17.6. The van der Waals surface area contributed by atoms with Gasteiger partial charge in [0.15, 0.2) is 0 Å². The fourth-order valence-corrected chi connectivity index (χ4v) is 1.85. The second-order valence-electron chi connectivity index (χ2n) is 4.14. The zero-order chi connectivity index (χ0) is 14.8. The quantitative estimate of drug-likeness (QED) is 0.449. The Morgan fingerprint density at radius 1 is 1.26 bits per heavy atom. The Labute approximate surface area is 113 Å². The molecule has 2 N–H and O–H groups in total. The highest BCUT2D eigenvalue weighted by atomic mass is 16.5. The van der Waals surface area contributed by atoms with Crippen molar-refractivity contribution in [2.24, 2.45) is 0 Å². The summed E-state index contributed by atoms with van der Waals surface area (Å²) in [7, 11) is 0. The predicted molar refractivity (Wildman–Crippen MR) is 70.8 cm³/mol. The number of carboxylic acids is 1. The Hall–Kier alpha value is -1.40. The van der Waals surface area contributed by atoms with Crippen LogP contribution >= 0.6 is 0 Å². The average Bonchev–Trinajstić information content (AvgIpc) is 2.37. The Morgan fingerprint density at radius 3 is 2.26 bits per heavy atom. The molecule has 0 amide bonds. The number of carbonyl (C=O) groups is 2. The van der Waals surface area contributed by atoms with Crippen molar-refractivity contribution < 1.29 is 24.5 Å². The molecule has 0 aromatic rings. The van der Waals surface area contributed by atoms with E-state index in [0.29, 0.717) is 13.1 Å². The Kier molecular flexibility index (Phi) is 8.82. The zero-order valence-electron chi connectivity index (χ0n) is 11.6. The van der Waals surface area contributed by atoms with Crippen molar-refractivity contribution in [2.45, 2.75) is 32.7 Å². The summed E-state index contributed by atoms with van der Waals surface area (Å²) in [5.41, 5.74) is 0.0758. The van der Waals surface area contributed by atoms with Crippen molar-refractivity contribution in [3.05, 3.63) is 12.2 Å². The van der Waals surface area contributed by atoms with Crippen LogP contribution in [0.25, 0.3) is 0 Å². The number of aliphatic hydroxyl groups excluding tert-OH is 1. The smallest absolute Gasteiger partial charge is 0.331 e. The van der Waals surface area contributed by atoms with Crippen LogP contribution in [0.5, 0.6) is 0 Å². The van der Waals surface area contributed by atoms with Crippen molar-refractivity contribution in [3.63, 3.8) is 0 Å². The van der Waals surface area contributed by atoms with Crippen molar-refractivity contribution in [1.82, 2.24) is 4.90 Å². The number of nitrogens with zero attached hydrogens (tertiary/aromatic N) is 1. The summed E-state index contributed by atoms with van der Waals surface area (Å²) in [5, 5.41) is 17.5. The minimum absolute atomic E-state index is 0.0380. The maximum absolute atomic E-state index is 11.6. The van der Waals surface area contributed by atoms with Gasteiger partial charge in [-0.15, -0.1) is 0 Å². The molecule has 0 bridgehead atoms. The van der Waals surface area contributed by atoms with Crippen LogP contribution in [0.2, 0.25) is 0 Å². The third-order valence-corrected chi connectivity index (χ3v) is 2.87. The largest absolute Gasteiger partial charge is 0.478 e. The van der Waals surface area contributed by atoms with E-state index in [1.54, 1.807) is 0 Å². The minimum atomic E-state index is -1.05. The molecule has 0 radical (unpaired) electrons. The van der Waals surface area contributed by atoms with Crippen molar-refractivity contribution in [2.75, 3.05) is 26.3 Å². The summed E-state index contributed by atoms with van der Waals surface area (Å²) in [5.74, 6) is -1.50. The average molecular weight is 273 g/mol. The molecular weight excluding hydrogens is 250 g/mol. The molecule has 0 fully saturated rings. The van der Waals surface area contributed by atoms with Gasteiger partial charge in [0.05, 0.1) is 13.0 Å². The second kappa shape index (κ2) is 9.52. The van der Waals surface area contributed by atoms with Crippen LogP contribution in [0, 0.1) is 0 Å². The number of hydrogen-bond donors (Lipinski definition) is 2. The van der Waals surface area contributed by atoms with E-state index in [9.17, 15) is 9.59 Å². The SMILES string of the molecule is C=C(CC(CC(=O)OCCO)N(CC)CC)C(=O)O. The maximum Gasteiger partial charge on any atom is 0.331 e. The summed E-state index contributed by atoms with van der Waals surface area (Å²) in [6, 6.07) is -0.246. The Balaban J connectivity index is 4.62. The highest BCUT2D eigenvalue weighted by Crippen LogP contribution is 2.15. The number of aliphatic hydroxyl groups is 1. The van der Waals surface area contributed by atoms with Gasteiger partial charge < -0.3 is 19.8 Å². The third kappa shape index (κ3) is 6.93. The molecule has 6 nitrogen and oxygen atoms in total. The van der Waals surface area contributed by atoms with Gasteiger partial charge in [-0.1, -0.05) is 20.4 Å². The van der Waals surface area contributed by atoms with Gasteiger partial charge in [0.2, 0.25) is 0 Å². The number of carbonyl (C=O) groups excluding carboxylic acids is 1. The number of ether oxygens (including phenoxy) is 1. The Bertz CT molecular complexity index is 312. The molecule has 0 saturated carbocycles. The van der Waals surface area contributed by atoms with E-state index in [1.807, 2.05) is 18.7 Å². The minimum Gasteiger partial charge on any atom is -0.478 e. The monoisotopic (exact) mass is 273 g/mol. The first-order chi connectivity index (χ1) is 8.96. The summed E-state index contributed by atoms with van der Waals surface area (Å²) in [6.45, 7) is 8.55. The van der Waals surface area contributed by atoms with Gasteiger partial charge in [0, 0.05) is 11.6 Å². The van der Waals surface area contributed by atoms with Gasteiger partial charge in [-0.2, -0.15) is 0 Å². The molecular formula is C13H23NO5. The fourth-order valence-electron chi connectivity index (χ4n) is 1.85. The summed E-state index contributed by atoms with van der Waals surface area (Å²) < 4.78 is 4.81. The molecule has 0 aromatic carbocycles. The van der Waals surface area contributed by atoms with Crippen LogP contribution in [0.3, 0.4) is 0 Å². The van der Waals surface area contributed by atoms with E-state index in [0.717, 1.165) is 0 Å². The number of hydrogen-bond acceptors (Lipinski definition) is 5. The molecule has 0 heterocycles. The van der Waals surface area contributed by atoms with E-state index >= 15 is 0 Å². The molecule has 0 aliphatic rings. The molecule has 1 atom stereocenters. The molecule has 0 aliphatic carbocycles. The standard InChI is InChI=1S/C13H23NO5/c1-4-14(5-2)11(8-10(3)13(17)18)9-12(16)19-7-6-15/h11,15H,3-9H2,1-2H3,(H,17,18). The van der Waals surface area contributed by atoms with E-state index in [4.69, 9.17) is 14.9 Å². The van der Waals surface area contributed by atoms with Crippen LogP contribution in [0.15, 0.2) is 12.2 Å². The van der Waals surface area contributed by atoms with Gasteiger partial charge >= 0.3 is 11.9 Å². The van der Waals surface area contributed by atoms with Crippen LogP contribution in [0.4, 0.5) is 0 Å². The molecule has 19 heavy (non-hydrogen) atoms. The molecule has 0 aliphatic heterocycles. The lowest BCUT2D eigenvalue weighted by Crippen LogP contribution is -2.38. The van der Waals surface area contributed by atoms with Crippen LogP contribution < -0.4 is 0 Å². The molecule has 0 saturated heterocycles. The van der Waals surface area contributed by atoms with E-state index < -0.39 is 11.9 Å². The van der Waals surface area contributed by atoms with Crippen LogP contribution in [-0.4, -0.2) is 59.4 Å². The fraction of sp³-hybridized carbons (Fsp3) is 0.692. The highest BCUT2D eigenvalue weighted by Gasteiger charge is 2.23. The van der Waals surface area contributed by atoms with E-state index in [1.165, 1.54) is 0 Å². The Morgan fingerprint density at radius 2 is 1.84 bits per heavy atom. The second-order valence-corrected chi connectivity index (χ2v) is 4.14. The topological polar surface area (TPSA) is 87.1 Å². The first-order valence-corrected chi connectivity index (χ1v) is 6.37. The van der Waals surface area contributed by atoms with Crippen molar-refractivity contribution >= 4 is 11.9 Å². The number of esters is 1. The third-order valence-electron chi connectivity index (χ3n) is 2.87. The van der Waals surface area contributed by atoms with Gasteiger partial charge in [-0.25, -0.2) is 4.79 Å². The maximum atomic E-state index is 11.6. The van der Waals surface area contributed by atoms with Gasteiger partial charge in [-0.3, -0.25) is 4.79 Å². The lowest BCUT2D eigenvalue weighted by molar-refractivity contribution is -0.146. The van der Waals surface area contributed by atoms with Gasteiger partial charge in [-0.05, 0) is 19.5 Å². The summed E-state index contributed by atoms with van der Waals surface area (Å²) in [4.78, 5) is 24.4. The zero-order valence-corrected chi connectivity index (χ0v) is 11.6. The predicted octanol–water partition coefficient (Wildman–Crippen LogP) is 0.653. The van der Waals surface area contributed by atoms with E-state index in [2.05, 4.69) is 6.58 Å². The molecule has 0 rings (SSSR count). The van der Waals surface area contributed by atoms with E-state index in [-0.39, 0.29) is 37.7 Å². The summed E-state index contributed by atoms with van der Waals surface area (Å²) >= 11 is 0. The molecule has 0 aromatic heterocycles. The van der Waals surface area contributed by atoms with Crippen molar-refractivity contribution in [3.8, 4) is 0 Å². The number of carboxylic acid groups (broad SMARTS) is 1.